The molecule has 0 saturated carbocycles. The number of nitriles is 1. The van der Waals surface area contributed by atoms with Gasteiger partial charge in [0, 0.05) is 19.3 Å². The van der Waals surface area contributed by atoms with Crippen LogP contribution in [-0.4, -0.2) is 57.7 Å². The first-order chi connectivity index (χ1) is 7.99. The van der Waals surface area contributed by atoms with Gasteiger partial charge in [0.05, 0.1) is 17.9 Å². The Kier molecular flexibility index (Phi) is 4.63. The van der Waals surface area contributed by atoms with Gasteiger partial charge in [-0.15, -0.1) is 11.8 Å². The van der Waals surface area contributed by atoms with Gasteiger partial charge in [-0.05, 0) is 6.92 Å². The first kappa shape index (κ1) is 13.6. The smallest absolute Gasteiger partial charge is 0.327 e. The van der Waals surface area contributed by atoms with Crippen molar-refractivity contribution >= 4 is 23.8 Å². The van der Waals surface area contributed by atoms with Gasteiger partial charge in [-0.25, -0.2) is 9.59 Å². The molecule has 1 aliphatic heterocycles. The number of carbonyl (C=O) groups is 2. The van der Waals surface area contributed by atoms with Crippen LogP contribution < -0.4 is 0 Å². The largest absolute Gasteiger partial charge is 0.480 e. The monoisotopic (exact) mass is 257 g/mol. The van der Waals surface area contributed by atoms with Crippen molar-refractivity contribution in [1.29, 1.82) is 5.26 Å². The molecular formula is C10H15N3O3S. The van der Waals surface area contributed by atoms with Crippen LogP contribution in [-0.2, 0) is 4.79 Å². The molecule has 1 heterocycles. The van der Waals surface area contributed by atoms with Crippen molar-refractivity contribution in [3.63, 3.8) is 0 Å². The highest BCUT2D eigenvalue weighted by atomic mass is 32.2. The second kappa shape index (κ2) is 5.77. The molecule has 7 heteroatoms. The molecule has 0 aromatic heterocycles. The fourth-order valence-corrected chi connectivity index (χ4v) is 2.80. The molecule has 0 radical (unpaired) electrons. The quantitative estimate of drug-likeness (QED) is 0.808. The molecule has 2 unspecified atom stereocenters. The lowest BCUT2D eigenvalue weighted by Gasteiger charge is -2.29. The Balaban J connectivity index is 2.72. The summed E-state index contributed by atoms with van der Waals surface area (Å²) in [5.74, 6) is -0.571. The second-order valence-electron chi connectivity index (χ2n) is 3.81. The van der Waals surface area contributed by atoms with E-state index in [1.165, 1.54) is 21.6 Å². The van der Waals surface area contributed by atoms with Crippen LogP contribution in [0.15, 0.2) is 0 Å². The number of carbonyl (C=O) groups excluding carboxylic acids is 1. The van der Waals surface area contributed by atoms with Crippen molar-refractivity contribution in [2.45, 2.75) is 24.8 Å². The van der Waals surface area contributed by atoms with Crippen LogP contribution in [0.25, 0.3) is 0 Å². The molecule has 2 atom stereocenters. The first-order valence-corrected chi connectivity index (χ1v) is 6.28. The number of nitrogens with zero attached hydrogens (tertiary/aromatic N) is 3. The maximum Gasteiger partial charge on any atom is 0.327 e. The summed E-state index contributed by atoms with van der Waals surface area (Å²) in [5.41, 5.74) is 0. The van der Waals surface area contributed by atoms with Crippen LogP contribution in [0, 0.1) is 11.3 Å². The van der Waals surface area contributed by atoms with E-state index in [4.69, 9.17) is 10.4 Å². The fraction of sp³-hybridized carbons (Fsp3) is 0.700. The molecule has 1 N–H and O–H groups in total. The van der Waals surface area contributed by atoms with E-state index in [-0.39, 0.29) is 17.8 Å². The molecule has 2 amide bonds. The maximum absolute atomic E-state index is 12.0. The summed E-state index contributed by atoms with van der Waals surface area (Å²) in [7, 11) is 1.58. The standard InChI is InChI=1S/C10H15N3O3S/c1-7-13(8(6-17-7)9(14)15)10(16)12(2)5-3-4-11/h7-8H,3,5-6H2,1-2H3,(H,14,15). The zero-order chi connectivity index (χ0) is 13.0. The molecule has 0 aromatic carbocycles. The van der Waals surface area contributed by atoms with Crippen molar-refractivity contribution in [1.82, 2.24) is 9.80 Å². The average molecular weight is 257 g/mol. The summed E-state index contributed by atoms with van der Waals surface area (Å²) in [6.07, 6.45) is 0.245. The van der Waals surface area contributed by atoms with E-state index in [0.29, 0.717) is 12.3 Å². The van der Waals surface area contributed by atoms with Gasteiger partial charge in [0.1, 0.15) is 6.04 Å². The number of amides is 2. The zero-order valence-electron chi connectivity index (χ0n) is 9.79. The Bertz CT molecular complexity index is 355. The normalized spacial score (nSPS) is 23.2. The Hall–Kier alpha value is -1.42. The van der Waals surface area contributed by atoms with Gasteiger partial charge in [-0.1, -0.05) is 0 Å². The molecule has 1 saturated heterocycles. The van der Waals surface area contributed by atoms with Crippen LogP contribution in [0.1, 0.15) is 13.3 Å². The summed E-state index contributed by atoms with van der Waals surface area (Å²) >= 11 is 1.44. The van der Waals surface area contributed by atoms with E-state index < -0.39 is 12.0 Å². The minimum Gasteiger partial charge on any atom is -0.480 e. The Morgan fingerprint density at radius 1 is 1.65 bits per heavy atom. The van der Waals surface area contributed by atoms with Gasteiger partial charge in [-0.2, -0.15) is 5.26 Å². The minimum absolute atomic E-state index is 0.145. The summed E-state index contributed by atoms with van der Waals surface area (Å²) < 4.78 is 0. The highest BCUT2D eigenvalue weighted by Gasteiger charge is 2.40. The fourth-order valence-electron chi connectivity index (χ4n) is 1.63. The van der Waals surface area contributed by atoms with E-state index in [1.54, 1.807) is 7.05 Å². The molecule has 0 bridgehead atoms. The van der Waals surface area contributed by atoms with Crippen molar-refractivity contribution < 1.29 is 14.7 Å². The molecule has 1 aliphatic rings. The average Bonchev–Trinajstić information content (AvgIpc) is 2.67. The van der Waals surface area contributed by atoms with Crippen molar-refractivity contribution in [2.75, 3.05) is 19.3 Å². The molecular weight excluding hydrogens is 242 g/mol. The summed E-state index contributed by atoms with van der Waals surface area (Å²) in [4.78, 5) is 25.8. The minimum atomic E-state index is -0.983. The van der Waals surface area contributed by atoms with Gasteiger partial charge in [-0.3, -0.25) is 4.90 Å². The van der Waals surface area contributed by atoms with Gasteiger partial charge < -0.3 is 10.0 Å². The third-order valence-corrected chi connectivity index (χ3v) is 3.83. The molecule has 0 aromatic rings. The van der Waals surface area contributed by atoms with Gasteiger partial charge in [0.25, 0.3) is 0 Å². The van der Waals surface area contributed by atoms with Crippen LogP contribution in [0.4, 0.5) is 4.79 Å². The maximum atomic E-state index is 12.0. The lowest BCUT2D eigenvalue weighted by Crippen LogP contribution is -2.50. The predicted molar refractivity (Wildman–Crippen MR) is 63.4 cm³/mol. The van der Waals surface area contributed by atoms with Crippen LogP contribution in [0.5, 0.6) is 0 Å². The summed E-state index contributed by atoms with van der Waals surface area (Å²) in [6, 6.07) is 0.855. The third-order valence-electron chi connectivity index (χ3n) is 2.61. The van der Waals surface area contributed by atoms with Crippen LogP contribution in [0.3, 0.4) is 0 Å². The molecule has 0 aliphatic carbocycles. The van der Waals surface area contributed by atoms with Gasteiger partial charge in [0.15, 0.2) is 0 Å². The predicted octanol–water partition coefficient (Wildman–Crippen LogP) is 0.800. The number of hydrogen-bond donors (Lipinski definition) is 1. The number of urea groups is 1. The summed E-state index contributed by atoms with van der Waals surface area (Å²) in [5, 5.41) is 17.3. The number of hydrogen-bond acceptors (Lipinski definition) is 4. The Morgan fingerprint density at radius 2 is 2.29 bits per heavy atom. The third kappa shape index (κ3) is 3.03. The Morgan fingerprint density at radius 3 is 2.82 bits per heavy atom. The number of carboxylic acids is 1. The lowest BCUT2D eigenvalue weighted by molar-refractivity contribution is -0.141. The molecule has 1 rings (SSSR count). The number of carboxylic acid groups (broad SMARTS) is 1. The van der Waals surface area contributed by atoms with E-state index in [2.05, 4.69) is 0 Å². The molecule has 94 valence electrons. The Labute approximate surface area is 104 Å². The molecule has 17 heavy (non-hydrogen) atoms. The number of thioether (sulfide) groups is 1. The van der Waals surface area contributed by atoms with Crippen molar-refractivity contribution in [3.05, 3.63) is 0 Å². The topological polar surface area (TPSA) is 84.6 Å². The van der Waals surface area contributed by atoms with Gasteiger partial charge >= 0.3 is 12.0 Å². The van der Waals surface area contributed by atoms with E-state index in [1.807, 2.05) is 13.0 Å². The van der Waals surface area contributed by atoms with E-state index in [9.17, 15) is 9.59 Å². The van der Waals surface area contributed by atoms with Crippen molar-refractivity contribution in [2.24, 2.45) is 0 Å². The zero-order valence-corrected chi connectivity index (χ0v) is 10.6. The molecule has 0 spiro atoms. The first-order valence-electron chi connectivity index (χ1n) is 5.23. The van der Waals surface area contributed by atoms with Crippen LogP contribution in [0.2, 0.25) is 0 Å². The summed E-state index contributed by atoms with van der Waals surface area (Å²) in [6.45, 7) is 2.12. The number of aliphatic carboxylic acids is 1. The van der Waals surface area contributed by atoms with Crippen molar-refractivity contribution in [3.8, 4) is 6.07 Å². The van der Waals surface area contributed by atoms with Crippen LogP contribution >= 0.6 is 11.8 Å². The number of rotatable bonds is 3. The second-order valence-corrected chi connectivity index (χ2v) is 5.16. The van der Waals surface area contributed by atoms with Gasteiger partial charge in [0.2, 0.25) is 0 Å². The lowest BCUT2D eigenvalue weighted by atomic mass is 10.3. The highest BCUT2D eigenvalue weighted by Crippen LogP contribution is 2.29. The molecule has 6 nitrogen and oxygen atoms in total. The highest BCUT2D eigenvalue weighted by molar-refractivity contribution is 8.00. The van der Waals surface area contributed by atoms with E-state index >= 15 is 0 Å². The SMILES string of the molecule is CC1SCC(C(=O)O)N1C(=O)N(C)CCC#N. The van der Waals surface area contributed by atoms with E-state index in [0.717, 1.165) is 0 Å². The molecule has 1 fully saturated rings.